The summed E-state index contributed by atoms with van der Waals surface area (Å²) in [6.07, 6.45) is -4.79. The van der Waals surface area contributed by atoms with Crippen LogP contribution in [-0.4, -0.2) is 29.1 Å². The van der Waals surface area contributed by atoms with E-state index in [0.29, 0.717) is 29.8 Å². The van der Waals surface area contributed by atoms with Gasteiger partial charge in [-0.2, -0.15) is 13.2 Å². The highest BCUT2D eigenvalue weighted by molar-refractivity contribution is 5.73. The Morgan fingerprint density at radius 1 is 1.04 bits per heavy atom. The fraction of sp³-hybridized carbons (Fsp3) is 0.350. The van der Waals surface area contributed by atoms with Gasteiger partial charge in [0.1, 0.15) is 5.82 Å². The molecule has 0 aliphatic heterocycles. The number of carboxylic acids is 1. The maximum atomic E-state index is 14.4. The molecule has 0 aliphatic carbocycles. The van der Waals surface area contributed by atoms with E-state index in [1.165, 1.54) is 18.2 Å². The van der Waals surface area contributed by atoms with Gasteiger partial charge in [0.05, 0.1) is 12.0 Å². The van der Waals surface area contributed by atoms with Crippen molar-refractivity contribution in [2.24, 2.45) is 0 Å². The second-order valence-electron chi connectivity index (χ2n) is 6.22. The molecule has 0 amide bonds. The molecule has 0 unspecified atom stereocenters. The lowest BCUT2D eigenvalue weighted by molar-refractivity contribution is -0.138. The van der Waals surface area contributed by atoms with E-state index in [4.69, 9.17) is 5.11 Å². The van der Waals surface area contributed by atoms with Gasteiger partial charge in [0.2, 0.25) is 0 Å². The summed E-state index contributed by atoms with van der Waals surface area (Å²) in [5.74, 6) is -1.67. The average molecular weight is 383 g/mol. The van der Waals surface area contributed by atoms with E-state index in [1.807, 2.05) is 18.7 Å². The van der Waals surface area contributed by atoms with Crippen molar-refractivity contribution in [3.8, 4) is 11.1 Å². The van der Waals surface area contributed by atoms with Crippen LogP contribution in [0.5, 0.6) is 0 Å². The van der Waals surface area contributed by atoms with Crippen LogP contribution in [0.2, 0.25) is 0 Å². The van der Waals surface area contributed by atoms with Crippen LogP contribution in [0, 0.1) is 5.82 Å². The zero-order valence-electron chi connectivity index (χ0n) is 15.1. The normalized spacial score (nSPS) is 11.8. The molecule has 0 atom stereocenters. The average Bonchev–Trinajstić information content (AvgIpc) is 2.60. The lowest BCUT2D eigenvalue weighted by Crippen LogP contribution is -2.23. The number of nitrogens with zero attached hydrogens (tertiary/aromatic N) is 1. The summed E-state index contributed by atoms with van der Waals surface area (Å²) in [5.41, 5.74) is 0.368. The van der Waals surface area contributed by atoms with Crippen LogP contribution in [0.25, 0.3) is 11.1 Å². The highest BCUT2D eigenvalue weighted by atomic mass is 19.4. The van der Waals surface area contributed by atoms with Gasteiger partial charge in [-0.3, -0.25) is 9.69 Å². The van der Waals surface area contributed by atoms with Crippen LogP contribution in [0.1, 0.15) is 30.5 Å². The number of hydrogen-bond acceptors (Lipinski definition) is 2. The molecule has 0 heterocycles. The van der Waals surface area contributed by atoms with Gasteiger partial charge in [0, 0.05) is 12.1 Å². The summed E-state index contributed by atoms with van der Waals surface area (Å²) < 4.78 is 53.8. The minimum Gasteiger partial charge on any atom is -0.481 e. The maximum Gasteiger partial charge on any atom is 0.416 e. The monoisotopic (exact) mass is 383 g/mol. The van der Waals surface area contributed by atoms with Crippen LogP contribution in [-0.2, 0) is 23.9 Å². The molecule has 1 N–H and O–H groups in total. The molecule has 0 aliphatic rings. The Kier molecular flexibility index (Phi) is 6.59. The van der Waals surface area contributed by atoms with E-state index in [2.05, 4.69) is 0 Å². The number of carbonyl (C=O) groups is 1. The van der Waals surface area contributed by atoms with E-state index in [1.54, 1.807) is 0 Å². The first kappa shape index (κ1) is 20.9. The van der Waals surface area contributed by atoms with Gasteiger partial charge in [-0.1, -0.05) is 26.0 Å². The number of aliphatic carboxylic acids is 1. The van der Waals surface area contributed by atoms with Crippen molar-refractivity contribution in [3.05, 3.63) is 58.9 Å². The molecular formula is C20H21F4NO2. The molecule has 0 fully saturated rings. The van der Waals surface area contributed by atoms with Crippen LogP contribution in [0.3, 0.4) is 0 Å². The summed E-state index contributed by atoms with van der Waals surface area (Å²) >= 11 is 0. The van der Waals surface area contributed by atoms with Crippen LogP contribution >= 0.6 is 0 Å². The Bertz CT molecular complexity index is 814. The van der Waals surface area contributed by atoms with Gasteiger partial charge in [-0.15, -0.1) is 0 Å². The van der Waals surface area contributed by atoms with E-state index in [-0.39, 0.29) is 18.5 Å². The zero-order valence-corrected chi connectivity index (χ0v) is 15.1. The smallest absolute Gasteiger partial charge is 0.416 e. The second-order valence-corrected chi connectivity index (χ2v) is 6.22. The van der Waals surface area contributed by atoms with E-state index in [9.17, 15) is 22.4 Å². The molecule has 146 valence electrons. The third-order valence-electron chi connectivity index (χ3n) is 4.40. The van der Waals surface area contributed by atoms with Gasteiger partial charge in [0.25, 0.3) is 0 Å². The van der Waals surface area contributed by atoms with E-state index < -0.39 is 23.5 Å². The van der Waals surface area contributed by atoms with Crippen molar-refractivity contribution in [2.75, 3.05) is 13.1 Å². The third-order valence-corrected chi connectivity index (χ3v) is 4.40. The zero-order chi connectivity index (χ0) is 20.2. The molecule has 2 rings (SSSR count). The van der Waals surface area contributed by atoms with Crippen molar-refractivity contribution in [1.29, 1.82) is 0 Å². The standard InChI is InChI=1S/C20H21F4NO2/c1-3-25(4-2)12-14-11-15(20(22,23)24)6-7-16(14)17-9-13(10-19(26)27)5-8-18(17)21/h5-9,11H,3-4,10,12H2,1-2H3,(H,26,27). The minimum atomic E-state index is -4.50. The van der Waals surface area contributed by atoms with E-state index >= 15 is 0 Å². The number of carboxylic acid groups (broad SMARTS) is 1. The molecule has 0 saturated carbocycles. The molecule has 27 heavy (non-hydrogen) atoms. The molecule has 0 spiro atoms. The molecule has 2 aromatic carbocycles. The third kappa shape index (κ3) is 5.29. The number of hydrogen-bond donors (Lipinski definition) is 1. The fourth-order valence-electron chi connectivity index (χ4n) is 2.92. The molecule has 2 aromatic rings. The SMILES string of the molecule is CCN(CC)Cc1cc(C(F)(F)F)ccc1-c1cc(CC(=O)O)ccc1F. The Balaban J connectivity index is 2.59. The summed E-state index contributed by atoms with van der Waals surface area (Å²) in [5, 5.41) is 8.94. The fourth-order valence-corrected chi connectivity index (χ4v) is 2.92. The molecular weight excluding hydrogens is 362 g/mol. The van der Waals surface area contributed by atoms with E-state index in [0.717, 1.165) is 18.2 Å². The molecule has 0 bridgehead atoms. The predicted molar refractivity (Wildman–Crippen MR) is 94.8 cm³/mol. The first-order valence-electron chi connectivity index (χ1n) is 8.58. The van der Waals surface area contributed by atoms with Crippen molar-refractivity contribution < 1.29 is 27.5 Å². The summed E-state index contributed by atoms with van der Waals surface area (Å²) in [6, 6.07) is 7.11. The topological polar surface area (TPSA) is 40.5 Å². The second kappa shape index (κ2) is 8.52. The number of halogens is 4. The highest BCUT2D eigenvalue weighted by Gasteiger charge is 2.31. The summed E-state index contributed by atoms with van der Waals surface area (Å²) in [7, 11) is 0. The number of rotatable bonds is 7. The Morgan fingerprint density at radius 3 is 2.26 bits per heavy atom. The van der Waals surface area contributed by atoms with Crippen molar-refractivity contribution in [1.82, 2.24) is 4.90 Å². The lowest BCUT2D eigenvalue weighted by atomic mass is 9.94. The molecule has 7 heteroatoms. The first-order valence-corrected chi connectivity index (χ1v) is 8.58. The molecule has 0 aromatic heterocycles. The molecule has 0 radical (unpaired) electrons. The quantitative estimate of drug-likeness (QED) is 0.686. The van der Waals surface area contributed by atoms with Crippen LogP contribution in [0.15, 0.2) is 36.4 Å². The van der Waals surface area contributed by atoms with Crippen molar-refractivity contribution in [3.63, 3.8) is 0 Å². The maximum absolute atomic E-state index is 14.4. The largest absolute Gasteiger partial charge is 0.481 e. The first-order chi connectivity index (χ1) is 12.7. The minimum absolute atomic E-state index is 0.102. The van der Waals surface area contributed by atoms with Gasteiger partial charge >= 0.3 is 12.1 Å². The Hall–Kier alpha value is -2.41. The Morgan fingerprint density at radius 2 is 1.70 bits per heavy atom. The summed E-state index contributed by atoms with van der Waals surface area (Å²) in [4.78, 5) is 12.8. The van der Waals surface area contributed by atoms with Crippen molar-refractivity contribution >= 4 is 5.97 Å². The van der Waals surface area contributed by atoms with Crippen molar-refractivity contribution in [2.45, 2.75) is 33.0 Å². The van der Waals surface area contributed by atoms with Crippen LogP contribution in [0.4, 0.5) is 17.6 Å². The van der Waals surface area contributed by atoms with Gasteiger partial charge in [-0.05, 0) is 54.0 Å². The van der Waals surface area contributed by atoms with Gasteiger partial charge in [0.15, 0.2) is 0 Å². The molecule has 3 nitrogen and oxygen atoms in total. The lowest BCUT2D eigenvalue weighted by Gasteiger charge is -2.22. The van der Waals surface area contributed by atoms with Gasteiger partial charge < -0.3 is 5.11 Å². The number of alkyl halides is 3. The predicted octanol–water partition coefficient (Wildman–Crippen LogP) is 4.98. The highest BCUT2D eigenvalue weighted by Crippen LogP contribution is 2.35. The Labute approximate surface area is 155 Å². The van der Waals surface area contributed by atoms with Crippen LogP contribution < -0.4 is 0 Å². The number of benzene rings is 2. The summed E-state index contributed by atoms with van der Waals surface area (Å²) in [6.45, 7) is 5.28. The molecule has 0 saturated heterocycles. The van der Waals surface area contributed by atoms with Gasteiger partial charge in [-0.25, -0.2) is 4.39 Å².